The standard InChI is InChI=1S/C16H12ClN3O3S2/c17-11-3-1-10(2-4-11)9-14-15(21)20-16(24-14)19-12-5-7-13(8-6-12)25(18,22)23/h1-9H,(H2,18,22,23)(H,19,20,21)/b14-9+. The lowest BCUT2D eigenvalue weighted by molar-refractivity contribution is -0.115. The number of primary sulfonamides is 1. The largest absolute Gasteiger partial charge is 0.300 e. The first-order valence-corrected chi connectivity index (χ1v) is 9.73. The van der Waals surface area contributed by atoms with Gasteiger partial charge in [-0.1, -0.05) is 23.7 Å². The Morgan fingerprint density at radius 3 is 2.32 bits per heavy atom. The highest BCUT2D eigenvalue weighted by Gasteiger charge is 2.23. The highest BCUT2D eigenvalue weighted by Crippen LogP contribution is 2.28. The minimum atomic E-state index is -3.74. The lowest BCUT2D eigenvalue weighted by Crippen LogP contribution is -2.19. The molecule has 1 fully saturated rings. The van der Waals surface area contributed by atoms with Crippen molar-refractivity contribution in [2.45, 2.75) is 4.90 Å². The summed E-state index contributed by atoms with van der Waals surface area (Å²) in [5.74, 6) is -0.250. The van der Waals surface area contributed by atoms with Crippen LogP contribution >= 0.6 is 23.4 Å². The molecule has 0 aliphatic carbocycles. The zero-order valence-corrected chi connectivity index (χ0v) is 15.0. The third-order valence-electron chi connectivity index (χ3n) is 3.21. The number of nitrogens with zero attached hydrogens (tertiary/aromatic N) is 1. The van der Waals surface area contributed by atoms with Crippen LogP contribution in [0.2, 0.25) is 5.02 Å². The van der Waals surface area contributed by atoms with Gasteiger partial charge in [0.05, 0.1) is 15.5 Å². The number of hydrogen-bond acceptors (Lipinski definition) is 5. The molecule has 0 saturated carbocycles. The molecule has 0 aromatic heterocycles. The van der Waals surface area contributed by atoms with Gasteiger partial charge in [0.1, 0.15) is 0 Å². The van der Waals surface area contributed by atoms with E-state index in [2.05, 4.69) is 10.3 Å². The van der Waals surface area contributed by atoms with Crippen LogP contribution in [0.1, 0.15) is 5.56 Å². The number of hydrogen-bond donors (Lipinski definition) is 2. The van der Waals surface area contributed by atoms with Crippen molar-refractivity contribution in [1.82, 2.24) is 5.32 Å². The monoisotopic (exact) mass is 393 g/mol. The maximum absolute atomic E-state index is 12.0. The van der Waals surface area contributed by atoms with E-state index in [0.717, 1.165) is 5.56 Å². The van der Waals surface area contributed by atoms with Crippen LogP contribution in [0.4, 0.5) is 5.69 Å². The number of rotatable bonds is 3. The molecule has 3 rings (SSSR count). The van der Waals surface area contributed by atoms with Crippen molar-refractivity contribution in [2.24, 2.45) is 10.1 Å². The number of thioether (sulfide) groups is 1. The van der Waals surface area contributed by atoms with Crippen molar-refractivity contribution in [2.75, 3.05) is 0 Å². The van der Waals surface area contributed by atoms with Crippen LogP contribution < -0.4 is 10.5 Å². The van der Waals surface area contributed by atoms with Crippen LogP contribution in [0.5, 0.6) is 0 Å². The number of carbonyl (C=O) groups is 1. The van der Waals surface area contributed by atoms with Crippen LogP contribution in [0, 0.1) is 0 Å². The number of nitrogens with two attached hydrogens (primary N) is 1. The Morgan fingerprint density at radius 1 is 1.08 bits per heavy atom. The molecule has 1 aliphatic rings. The summed E-state index contributed by atoms with van der Waals surface area (Å²) in [6.07, 6.45) is 1.74. The Hall–Kier alpha value is -2.13. The van der Waals surface area contributed by atoms with Crippen molar-refractivity contribution in [3.05, 3.63) is 64.0 Å². The van der Waals surface area contributed by atoms with E-state index < -0.39 is 10.0 Å². The van der Waals surface area contributed by atoms with Crippen LogP contribution in [0.3, 0.4) is 0 Å². The number of sulfonamides is 1. The molecule has 9 heteroatoms. The van der Waals surface area contributed by atoms with Crippen LogP contribution in [0.25, 0.3) is 6.08 Å². The van der Waals surface area contributed by atoms with Crippen LogP contribution in [-0.2, 0) is 14.8 Å². The Balaban J connectivity index is 1.80. The third-order valence-corrected chi connectivity index (χ3v) is 5.31. The van der Waals surface area contributed by atoms with Gasteiger partial charge in [0.2, 0.25) is 10.0 Å². The highest BCUT2D eigenvalue weighted by molar-refractivity contribution is 8.18. The van der Waals surface area contributed by atoms with E-state index in [4.69, 9.17) is 16.7 Å². The molecule has 1 amide bonds. The van der Waals surface area contributed by atoms with E-state index in [0.29, 0.717) is 20.8 Å². The Labute approximate surface area is 153 Å². The lowest BCUT2D eigenvalue weighted by atomic mass is 10.2. The SMILES string of the molecule is NS(=O)(=O)c1ccc(N=C2NC(=O)/C(=C\c3ccc(Cl)cc3)S2)cc1. The summed E-state index contributed by atoms with van der Waals surface area (Å²) in [6.45, 7) is 0. The summed E-state index contributed by atoms with van der Waals surface area (Å²) in [5.41, 5.74) is 1.35. The molecular formula is C16H12ClN3O3S2. The van der Waals surface area contributed by atoms with Crippen LogP contribution in [0.15, 0.2) is 63.3 Å². The Morgan fingerprint density at radius 2 is 1.72 bits per heavy atom. The maximum atomic E-state index is 12.0. The molecule has 2 aromatic carbocycles. The van der Waals surface area contributed by atoms with Crippen molar-refractivity contribution in [3.8, 4) is 0 Å². The number of benzene rings is 2. The van der Waals surface area contributed by atoms with Gasteiger partial charge in [0, 0.05) is 5.02 Å². The lowest BCUT2D eigenvalue weighted by Gasteiger charge is -1.99. The second-order valence-corrected chi connectivity index (χ2v) is 8.10. The van der Waals surface area contributed by atoms with Gasteiger partial charge in [0.15, 0.2) is 5.17 Å². The molecule has 0 atom stereocenters. The second kappa shape index (κ2) is 7.01. The highest BCUT2D eigenvalue weighted by atomic mass is 35.5. The van der Waals surface area contributed by atoms with E-state index in [-0.39, 0.29) is 10.8 Å². The molecule has 25 heavy (non-hydrogen) atoms. The van der Waals surface area contributed by atoms with Crippen LogP contribution in [-0.4, -0.2) is 19.5 Å². The first kappa shape index (κ1) is 17.7. The topological polar surface area (TPSA) is 102 Å². The smallest absolute Gasteiger partial charge is 0.264 e. The van der Waals surface area contributed by atoms with Gasteiger partial charge >= 0.3 is 0 Å². The summed E-state index contributed by atoms with van der Waals surface area (Å²) in [4.78, 5) is 16.8. The predicted molar refractivity (Wildman–Crippen MR) is 100 cm³/mol. The van der Waals surface area contributed by atoms with Crippen molar-refractivity contribution >= 4 is 56.2 Å². The molecule has 0 spiro atoms. The number of nitrogens with one attached hydrogen (secondary N) is 1. The fourth-order valence-corrected chi connectivity index (χ4v) is 3.50. The molecular weight excluding hydrogens is 382 g/mol. The first-order chi connectivity index (χ1) is 11.8. The fourth-order valence-electron chi connectivity index (χ4n) is 2.02. The normalized spacial score (nSPS) is 17.9. The molecule has 3 N–H and O–H groups in total. The van der Waals surface area contributed by atoms with E-state index in [1.165, 1.54) is 36.0 Å². The molecule has 0 unspecified atom stereocenters. The third kappa shape index (κ3) is 4.49. The Bertz CT molecular complexity index is 982. The van der Waals surface area contributed by atoms with Crippen molar-refractivity contribution < 1.29 is 13.2 Å². The molecule has 6 nitrogen and oxygen atoms in total. The molecule has 0 bridgehead atoms. The van der Waals surface area contributed by atoms with Crippen molar-refractivity contribution in [3.63, 3.8) is 0 Å². The van der Waals surface area contributed by atoms with E-state index in [9.17, 15) is 13.2 Å². The maximum Gasteiger partial charge on any atom is 0.264 e. The number of aliphatic imine (C=N–C) groups is 1. The van der Waals surface area contributed by atoms with E-state index in [1.54, 1.807) is 18.2 Å². The predicted octanol–water partition coefficient (Wildman–Crippen LogP) is 2.88. The molecule has 128 valence electrons. The summed E-state index contributed by atoms with van der Waals surface area (Å²) in [7, 11) is -3.74. The average molecular weight is 394 g/mol. The number of halogens is 1. The molecule has 2 aromatic rings. The van der Waals surface area contributed by atoms with E-state index in [1.807, 2.05) is 12.1 Å². The van der Waals surface area contributed by atoms with Crippen molar-refractivity contribution in [1.29, 1.82) is 0 Å². The fraction of sp³-hybridized carbons (Fsp3) is 0. The average Bonchev–Trinajstić information content (AvgIpc) is 2.89. The Kier molecular flexibility index (Phi) is 4.96. The minimum absolute atomic E-state index is 0.00267. The summed E-state index contributed by atoms with van der Waals surface area (Å²) in [5, 5.41) is 8.75. The van der Waals surface area contributed by atoms with Gasteiger partial charge in [-0.2, -0.15) is 0 Å². The van der Waals surface area contributed by atoms with Gasteiger partial charge < -0.3 is 5.32 Å². The number of carbonyl (C=O) groups excluding carboxylic acids is 1. The zero-order valence-electron chi connectivity index (χ0n) is 12.6. The quantitative estimate of drug-likeness (QED) is 0.782. The number of amidine groups is 1. The van der Waals surface area contributed by atoms with Gasteiger partial charge in [-0.25, -0.2) is 18.5 Å². The summed E-state index contributed by atoms with van der Waals surface area (Å²) >= 11 is 7.04. The van der Waals surface area contributed by atoms with Gasteiger partial charge in [-0.15, -0.1) is 0 Å². The molecule has 1 saturated heterocycles. The van der Waals surface area contributed by atoms with Gasteiger partial charge in [-0.05, 0) is 59.8 Å². The van der Waals surface area contributed by atoms with Gasteiger partial charge in [0.25, 0.3) is 5.91 Å². The van der Waals surface area contributed by atoms with E-state index >= 15 is 0 Å². The second-order valence-electron chi connectivity index (χ2n) is 5.07. The molecule has 1 aliphatic heterocycles. The first-order valence-electron chi connectivity index (χ1n) is 6.99. The summed E-state index contributed by atoms with van der Waals surface area (Å²) in [6, 6.07) is 12.9. The zero-order chi connectivity index (χ0) is 18.0. The molecule has 0 radical (unpaired) electrons. The minimum Gasteiger partial charge on any atom is -0.300 e. The molecule has 1 heterocycles. The number of amides is 1. The summed E-state index contributed by atoms with van der Waals surface area (Å²) < 4.78 is 22.5. The van der Waals surface area contributed by atoms with Gasteiger partial charge in [-0.3, -0.25) is 4.79 Å².